The van der Waals surface area contributed by atoms with Crippen molar-refractivity contribution in [3.05, 3.63) is 57.5 Å². The molecule has 1 heterocycles. The highest BCUT2D eigenvalue weighted by Gasteiger charge is 2.36. The van der Waals surface area contributed by atoms with E-state index in [1.54, 1.807) is 37.2 Å². The van der Waals surface area contributed by atoms with Crippen LogP contribution in [-0.4, -0.2) is 43.3 Å². The standard InChI is InChI=1S/C20H19BrClN3O3/c1-24(2)20(28)12-7-8-15(22)16(9-12)23-19(27)13-10-18(26)25(11-13)17-6-4-3-5-14(17)21/h3-9,13H,10-11H2,1-2H3,(H,23,27). The first-order chi connectivity index (χ1) is 13.3. The summed E-state index contributed by atoms with van der Waals surface area (Å²) in [4.78, 5) is 40.3. The first-order valence-corrected chi connectivity index (χ1v) is 9.82. The Bertz CT molecular complexity index is 948. The SMILES string of the molecule is CN(C)C(=O)c1ccc(Cl)c(NC(=O)C2CC(=O)N(c3ccccc3Br)C2)c1. The van der Waals surface area contributed by atoms with Crippen LogP contribution in [0.3, 0.4) is 0 Å². The third-order valence-corrected chi connectivity index (χ3v) is 5.52. The zero-order chi connectivity index (χ0) is 20.4. The molecule has 2 aromatic rings. The van der Waals surface area contributed by atoms with E-state index in [9.17, 15) is 14.4 Å². The van der Waals surface area contributed by atoms with E-state index in [2.05, 4.69) is 21.2 Å². The molecule has 2 aromatic carbocycles. The molecule has 1 N–H and O–H groups in total. The summed E-state index contributed by atoms with van der Waals surface area (Å²) < 4.78 is 0.794. The Kier molecular flexibility index (Phi) is 6.05. The number of anilines is 2. The minimum atomic E-state index is -0.510. The maximum absolute atomic E-state index is 12.7. The molecule has 1 aliphatic heterocycles. The number of benzene rings is 2. The van der Waals surface area contributed by atoms with Crippen LogP contribution < -0.4 is 10.2 Å². The number of hydrogen-bond donors (Lipinski definition) is 1. The highest BCUT2D eigenvalue weighted by molar-refractivity contribution is 9.10. The fraction of sp³-hybridized carbons (Fsp3) is 0.250. The van der Waals surface area contributed by atoms with Gasteiger partial charge in [0, 0.05) is 37.1 Å². The van der Waals surface area contributed by atoms with E-state index < -0.39 is 5.92 Å². The second-order valence-corrected chi connectivity index (χ2v) is 8.00. The molecule has 146 valence electrons. The van der Waals surface area contributed by atoms with Gasteiger partial charge in [0.2, 0.25) is 11.8 Å². The Morgan fingerprint density at radius 2 is 1.93 bits per heavy atom. The van der Waals surface area contributed by atoms with Crippen molar-refractivity contribution in [1.29, 1.82) is 0 Å². The summed E-state index contributed by atoms with van der Waals surface area (Å²) in [6.07, 6.45) is 0.112. The van der Waals surface area contributed by atoms with Crippen molar-refractivity contribution in [3.8, 4) is 0 Å². The number of hydrogen-bond acceptors (Lipinski definition) is 3. The molecule has 3 amide bonds. The van der Waals surface area contributed by atoms with Crippen LogP contribution in [-0.2, 0) is 9.59 Å². The highest BCUT2D eigenvalue weighted by Crippen LogP contribution is 2.32. The predicted molar refractivity (Wildman–Crippen MR) is 113 cm³/mol. The zero-order valence-corrected chi connectivity index (χ0v) is 17.8. The molecule has 0 radical (unpaired) electrons. The summed E-state index contributed by atoms with van der Waals surface area (Å²) in [7, 11) is 3.30. The molecule has 0 spiro atoms. The van der Waals surface area contributed by atoms with Gasteiger partial charge < -0.3 is 15.1 Å². The Labute approximate surface area is 176 Å². The zero-order valence-electron chi connectivity index (χ0n) is 15.4. The van der Waals surface area contributed by atoms with Gasteiger partial charge in [-0.2, -0.15) is 0 Å². The van der Waals surface area contributed by atoms with Crippen LogP contribution in [0.2, 0.25) is 5.02 Å². The molecule has 1 unspecified atom stereocenters. The predicted octanol–water partition coefficient (Wildman–Crippen LogP) is 3.80. The fourth-order valence-corrected chi connectivity index (χ4v) is 3.70. The van der Waals surface area contributed by atoms with Crippen LogP contribution in [0.4, 0.5) is 11.4 Å². The molecular weight excluding hydrogens is 446 g/mol. The topological polar surface area (TPSA) is 69.7 Å². The van der Waals surface area contributed by atoms with Gasteiger partial charge >= 0.3 is 0 Å². The number of amides is 3. The quantitative estimate of drug-likeness (QED) is 0.748. The molecule has 0 bridgehead atoms. The van der Waals surface area contributed by atoms with Crippen LogP contribution in [0.1, 0.15) is 16.8 Å². The minimum Gasteiger partial charge on any atom is -0.345 e. The lowest BCUT2D eigenvalue weighted by Gasteiger charge is -2.18. The molecule has 6 nitrogen and oxygen atoms in total. The smallest absolute Gasteiger partial charge is 0.253 e. The van der Waals surface area contributed by atoms with Crippen molar-refractivity contribution in [2.45, 2.75) is 6.42 Å². The number of nitrogens with one attached hydrogen (secondary N) is 1. The van der Waals surface area contributed by atoms with Gasteiger partial charge in [0.1, 0.15) is 0 Å². The summed E-state index contributed by atoms with van der Waals surface area (Å²) in [5.41, 5.74) is 1.51. The van der Waals surface area contributed by atoms with Gasteiger partial charge in [-0.3, -0.25) is 14.4 Å². The van der Waals surface area contributed by atoms with E-state index in [-0.39, 0.29) is 30.7 Å². The molecular formula is C20H19BrClN3O3. The Morgan fingerprint density at radius 3 is 2.61 bits per heavy atom. The molecule has 0 aromatic heterocycles. The van der Waals surface area contributed by atoms with Crippen LogP contribution >= 0.6 is 27.5 Å². The molecule has 0 saturated carbocycles. The first kappa shape index (κ1) is 20.4. The number of carbonyl (C=O) groups excluding carboxylic acids is 3. The Hall–Kier alpha value is -2.38. The maximum atomic E-state index is 12.7. The Balaban J connectivity index is 1.76. The van der Waals surface area contributed by atoms with Crippen LogP contribution in [0.25, 0.3) is 0 Å². The van der Waals surface area contributed by atoms with Crippen molar-refractivity contribution in [3.63, 3.8) is 0 Å². The Morgan fingerprint density at radius 1 is 1.21 bits per heavy atom. The van der Waals surface area contributed by atoms with E-state index in [0.717, 1.165) is 10.2 Å². The number of rotatable bonds is 4. The van der Waals surface area contributed by atoms with Gasteiger partial charge in [0.25, 0.3) is 5.91 Å². The molecule has 3 rings (SSSR count). The van der Waals surface area contributed by atoms with Crippen LogP contribution in [0.15, 0.2) is 46.9 Å². The number of halogens is 2. The monoisotopic (exact) mass is 463 g/mol. The molecule has 0 aliphatic carbocycles. The summed E-state index contributed by atoms with van der Waals surface area (Å²) in [6, 6.07) is 12.1. The first-order valence-electron chi connectivity index (χ1n) is 8.65. The molecule has 1 atom stereocenters. The summed E-state index contributed by atoms with van der Waals surface area (Å²) in [5, 5.41) is 3.09. The normalized spacial score (nSPS) is 16.2. The van der Waals surface area contributed by atoms with E-state index in [1.807, 2.05) is 24.3 Å². The van der Waals surface area contributed by atoms with Gasteiger partial charge in [-0.15, -0.1) is 0 Å². The molecule has 8 heteroatoms. The molecule has 1 aliphatic rings. The number of carbonyl (C=O) groups is 3. The molecule has 1 fully saturated rings. The van der Waals surface area contributed by atoms with Gasteiger partial charge in [0.05, 0.1) is 22.3 Å². The lowest BCUT2D eigenvalue weighted by molar-refractivity contribution is -0.122. The molecule has 28 heavy (non-hydrogen) atoms. The summed E-state index contributed by atoms with van der Waals surface area (Å²) in [6.45, 7) is 0.279. The molecule has 1 saturated heterocycles. The third-order valence-electron chi connectivity index (χ3n) is 4.52. The largest absolute Gasteiger partial charge is 0.345 e. The average Bonchev–Trinajstić information content (AvgIpc) is 3.05. The second kappa shape index (κ2) is 8.32. The van der Waals surface area contributed by atoms with Gasteiger partial charge in [-0.25, -0.2) is 0 Å². The van der Waals surface area contributed by atoms with Crippen molar-refractivity contribution >= 4 is 56.6 Å². The van der Waals surface area contributed by atoms with Crippen molar-refractivity contribution in [2.75, 3.05) is 30.9 Å². The van der Waals surface area contributed by atoms with Crippen molar-refractivity contribution < 1.29 is 14.4 Å². The van der Waals surface area contributed by atoms with E-state index in [0.29, 0.717) is 16.3 Å². The maximum Gasteiger partial charge on any atom is 0.253 e. The average molecular weight is 465 g/mol. The summed E-state index contributed by atoms with van der Waals surface area (Å²) >= 11 is 9.62. The van der Waals surface area contributed by atoms with Crippen molar-refractivity contribution in [1.82, 2.24) is 4.90 Å². The van der Waals surface area contributed by atoms with Crippen molar-refractivity contribution in [2.24, 2.45) is 5.92 Å². The highest BCUT2D eigenvalue weighted by atomic mass is 79.9. The van der Waals surface area contributed by atoms with Gasteiger partial charge in [-0.1, -0.05) is 23.7 Å². The lowest BCUT2D eigenvalue weighted by Crippen LogP contribution is -2.28. The summed E-state index contributed by atoms with van der Waals surface area (Å²) in [5.74, 6) is -1.12. The third kappa shape index (κ3) is 4.20. The van der Waals surface area contributed by atoms with Gasteiger partial charge in [0.15, 0.2) is 0 Å². The van der Waals surface area contributed by atoms with Crippen LogP contribution in [0, 0.1) is 5.92 Å². The van der Waals surface area contributed by atoms with E-state index in [1.165, 1.54) is 4.90 Å². The second-order valence-electron chi connectivity index (χ2n) is 6.74. The van der Waals surface area contributed by atoms with Crippen LogP contribution in [0.5, 0.6) is 0 Å². The lowest BCUT2D eigenvalue weighted by atomic mass is 10.1. The van der Waals surface area contributed by atoms with E-state index >= 15 is 0 Å². The van der Waals surface area contributed by atoms with E-state index in [4.69, 9.17) is 11.6 Å². The minimum absolute atomic E-state index is 0.112. The number of para-hydroxylation sites is 1. The van der Waals surface area contributed by atoms with Gasteiger partial charge in [-0.05, 0) is 46.3 Å². The fourth-order valence-electron chi connectivity index (χ4n) is 3.03. The number of nitrogens with zero attached hydrogens (tertiary/aromatic N) is 2.